The van der Waals surface area contributed by atoms with Crippen LogP contribution in [0.1, 0.15) is 17.5 Å². The fourth-order valence-corrected chi connectivity index (χ4v) is 3.35. The van der Waals surface area contributed by atoms with Crippen LogP contribution >= 0.6 is 23.2 Å². The molecule has 1 aromatic heterocycles. The van der Waals surface area contributed by atoms with Gasteiger partial charge in [0.1, 0.15) is 11.3 Å². The number of alkyl halides is 2. The molecule has 142 valence electrons. The summed E-state index contributed by atoms with van der Waals surface area (Å²) in [5.74, 6) is -3.84. The summed E-state index contributed by atoms with van der Waals surface area (Å²) in [7, 11) is -2.78. The predicted octanol–water partition coefficient (Wildman–Crippen LogP) is 2.86. The number of nitrogens with zero attached hydrogens (tertiary/aromatic N) is 3. The number of aliphatic hydroxyl groups excluding tert-OH is 1. The molecule has 0 bridgehead atoms. The van der Waals surface area contributed by atoms with Gasteiger partial charge in [-0.25, -0.2) is 13.4 Å². The molecule has 1 atom stereocenters. The zero-order valence-corrected chi connectivity index (χ0v) is 15.7. The monoisotopic (exact) mass is 427 g/mol. The molecule has 2 aromatic rings. The largest absolute Gasteiger partial charge is 0.481 e. The first-order valence-electron chi connectivity index (χ1n) is 6.90. The first kappa shape index (κ1) is 20.6. The van der Waals surface area contributed by atoms with Gasteiger partial charge < -0.3 is 9.84 Å². The Hall–Kier alpha value is -1.75. The summed E-state index contributed by atoms with van der Waals surface area (Å²) in [5, 5.41) is 10.4. The lowest BCUT2D eigenvalue weighted by atomic mass is 10.1. The lowest BCUT2D eigenvalue weighted by Gasteiger charge is -2.24. The minimum absolute atomic E-state index is 0.0389. The Morgan fingerprint density at radius 1 is 1.27 bits per heavy atom. The van der Waals surface area contributed by atoms with Crippen molar-refractivity contribution in [3.63, 3.8) is 0 Å². The van der Waals surface area contributed by atoms with E-state index in [1.54, 1.807) is 0 Å². The highest BCUT2D eigenvalue weighted by Gasteiger charge is 2.33. The fourth-order valence-electron chi connectivity index (χ4n) is 2.11. The maximum atomic E-state index is 12.9. The van der Waals surface area contributed by atoms with E-state index in [9.17, 15) is 22.3 Å². The molecule has 1 aromatic carbocycles. The van der Waals surface area contributed by atoms with Crippen molar-refractivity contribution in [3.05, 3.63) is 45.8 Å². The van der Waals surface area contributed by atoms with Crippen molar-refractivity contribution in [3.8, 4) is 5.88 Å². The van der Waals surface area contributed by atoms with Gasteiger partial charge >= 0.3 is 5.76 Å². The highest BCUT2D eigenvalue weighted by molar-refractivity contribution is 7.93. The Bertz CT molecular complexity index is 915. The minimum atomic E-state index is -5.00. The number of ether oxygens (including phenoxy) is 1. The molecule has 0 aliphatic rings. The van der Waals surface area contributed by atoms with E-state index in [2.05, 4.69) is 9.97 Å². The van der Waals surface area contributed by atoms with Gasteiger partial charge in [-0.15, -0.1) is 0 Å². The van der Waals surface area contributed by atoms with E-state index < -0.39 is 21.9 Å². The van der Waals surface area contributed by atoms with Gasteiger partial charge in [-0.05, 0) is 6.07 Å². The van der Waals surface area contributed by atoms with Crippen LogP contribution in [0.15, 0.2) is 24.3 Å². The molecule has 0 spiro atoms. The summed E-state index contributed by atoms with van der Waals surface area (Å²) >= 11 is 11.8. The minimum Gasteiger partial charge on any atom is -0.481 e. The van der Waals surface area contributed by atoms with Gasteiger partial charge in [0.2, 0.25) is 5.88 Å². The summed E-state index contributed by atoms with van der Waals surface area (Å²) in [4.78, 5) is 7.78. The number of anilines is 1. The molecule has 7 nitrogen and oxygen atoms in total. The normalized spacial score (nSPS) is 12.9. The molecule has 1 N–H and O–H groups in total. The van der Waals surface area contributed by atoms with Crippen molar-refractivity contribution in [2.75, 3.05) is 18.5 Å². The Balaban J connectivity index is 2.61. The lowest BCUT2D eigenvalue weighted by Crippen LogP contribution is -2.33. The van der Waals surface area contributed by atoms with Gasteiger partial charge in [-0.1, -0.05) is 35.3 Å². The van der Waals surface area contributed by atoms with Gasteiger partial charge in [0.25, 0.3) is 10.0 Å². The van der Waals surface area contributed by atoms with Gasteiger partial charge in [0.15, 0.2) is 5.82 Å². The van der Waals surface area contributed by atoms with Crippen LogP contribution < -0.4 is 9.04 Å². The molecule has 1 heterocycles. The number of aliphatic hydroxyl groups is 1. The zero-order chi connectivity index (χ0) is 19.6. The van der Waals surface area contributed by atoms with Crippen LogP contribution in [0.4, 0.5) is 14.5 Å². The van der Waals surface area contributed by atoms with Crippen molar-refractivity contribution >= 4 is 38.9 Å². The summed E-state index contributed by atoms with van der Waals surface area (Å²) in [5.41, 5.74) is -0.432. The molecular formula is C14H13Cl2F2N3O4S. The second kappa shape index (κ2) is 7.87. The summed E-state index contributed by atoms with van der Waals surface area (Å²) in [6, 6.07) is 5.31. The van der Waals surface area contributed by atoms with E-state index >= 15 is 0 Å². The van der Waals surface area contributed by atoms with E-state index in [4.69, 9.17) is 27.9 Å². The highest BCUT2D eigenvalue weighted by atomic mass is 35.5. The third kappa shape index (κ3) is 3.98. The summed E-state index contributed by atoms with van der Waals surface area (Å²) in [6.07, 6.45) is -1.60. The molecule has 2 rings (SSSR count). The van der Waals surface area contributed by atoms with Crippen LogP contribution in [-0.2, 0) is 10.0 Å². The van der Waals surface area contributed by atoms with Gasteiger partial charge in [0, 0.05) is 18.7 Å². The number of hydrogen-bond acceptors (Lipinski definition) is 6. The molecule has 12 heteroatoms. The van der Waals surface area contributed by atoms with E-state index in [-0.39, 0.29) is 33.1 Å². The number of methoxy groups -OCH3 is 1. The van der Waals surface area contributed by atoms with Crippen molar-refractivity contribution in [1.29, 1.82) is 0 Å². The second-order valence-corrected chi connectivity index (χ2v) is 7.67. The van der Waals surface area contributed by atoms with Crippen LogP contribution in [0, 0.1) is 0 Å². The predicted molar refractivity (Wildman–Crippen MR) is 92.4 cm³/mol. The van der Waals surface area contributed by atoms with Gasteiger partial charge in [-0.3, -0.25) is 4.31 Å². The van der Waals surface area contributed by atoms with Crippen LogP contribution in [0.3, 0.4) is 0 Å². The molecule has 1 unspecified atom stereocenters. The van der Waals surface area contributed by atoms with Crippen LogP contribution in [0.5, 0.6) is 5.88 Å². The van der Waals surface area contributed by atoms with Gasteiger partial charge in [-0.2, -0.15) is 13.8 Å². The van der Waals surface area contributed by atoms with Crippen molar-refractivity contribution < 1.29 is 27.0 Å². The molecule has 0 aliphatic carbocycles. The molecule has 0 amide bonds. The number of benzene rings is 1. The highest BCUT2D eigenvalue weighted by Crippen LogP contribution is 2.37. The summed E-state index contributed by atoms with van der Waals surface area (Å²) < 4.78 is 54.6. The van der Waals surface area contributed by atoms with E-state index in [1.165, 1.54) is 31.4 Å². The van der Waals surface area contributed by atoms with Crippen molar-refractivity contribution in [1.82, 2.24) is 9.97 Å². The molecule has 26 heavy (non-hydrogen) atoms. The van der Waals surface area contributed by atoms with Crippen LogP contribution in [0.25, 0.3) is 0 Å². The first-order chi connectivity index (χ1) is 12.1. The second-order valence-electron chi connectivity index (χ2n) is 4.94. The number of halogens is 4. The third-order valence-electron chi connectivity index (χ3n) is 3.38. The number of aromatic nitrogens is 2. The van der Waals surface area contributed by atoms with E-state index in [0.29, 0.717) is 4.31 Å². The number of para-hydroxylation sites is 1. The van der Waals surface area contributed by atoms with Crippen LogP contribution in [0.2, 0.25) is 10.2 Å². The third-order valence-corrected chi connectivity index (χ3v) is 5.27. The van der Waals surface area contributed by atoms with Crippen LogP contribution in [-0.4, -0.2) is 43.4 Å². The average Bonchev–Trinajstić information content (AvgIpc) is 2.59. The maximum absolute atomic E-state index is 12.9. The quantitative estimate of drug-likeness (QED) is 0.712. The standard InChI is InChI=1S/C14H13Cl2F2N3O4S/c1-21(26(23,24)14(17)18)11-7(4-3-5-8(11)15)12(22)13-19-9(16)6-10(20-13)25-2/h3-6,12,14,22H,1-2H3. The molecule has 0 saturated carbocycles. The molecule has 0 saturated heterocycles. The maximum Gasteiger partial charge on any atom is 0.355 e. The Labute approximate surface area is 158 Å². The molecule has 0 aliphatic heterocycles. The smallest absolute Gasteiger partial charge is 0.355 e. The molecular weight excluding hydrogens is 415 g/mol. The van der Waals surface area contributed by atoms with Crippen molar-refractivity contribution in [2.24, 2.45) is 0 Å². The lowest BCUT2D eigenvalue weighted by molar-refractivity contribution is 0.208. The summed E-state index contributed by atoms with van der Waals surface area (Å²) in [6.45, 7) is 0. The fraction of sp³-hybridized carbons (Fsp3) is 0.286. The molecule has 0 fully saturated rings. The Morgan fingerprint density at radius 3 is 2.50 bits per heavy atom. The molecule has 0 radical (unpaired) electrons. The number of sulfonamides is 1. The average molecular weight is 428 g/mol. The SMILES string of the molecule is COc1cc(Cl)nc(C(O)c2cccc(Cl)c2N(C)S(=O)(=O)C(F)F)n1. The topological polar surface area (TPSA) is 92.6 Å². The zero-order valence-electron chi connectivity index (χ0n) is 13.4. The van der Waals surface area contributed by atoms with E-state index in [1.807, 2.05) is 0 Å². The van der Waals surface area contributed by atoms with Gasteiger partial charge in [0.05, 0.1) is 17.8 Å². The Morgan fingerprint density at radius 2 is 1.92 bits per heavy atom. The van der Waals surface area contributed by atoms with E-state index in [0.717, 1.165) is 7.05 Å². The van der Waals surface area contributed by atoms with Crippen molar-refractivity contribution in [2.45, 2.75) is 11.9 Å². The Kier molecular flexibility index (Phi) is 6.22. The number of rotatable bonds is 6. The first-order valence-corrected chi connectivity index (χ1v) is 9.16. The number of hydrogen-bond donors (Lipinski definition) is 1.